The molecule has 0 aliphatic heterocycles. The third-order valence-corrected chi connectivity index (χ3v) is 3.08. The zero-order valence-electron chi connectivity index (χ0n) is 11.2. The summed E-state index contributed by atoms with van der Waals surface area (Å²) in [4.78, 5) is 22.8. The average Bonchev–Trinajstić information content (AvgIpc) is 2.40. The van der Waals surface area contributed by atoms with Crippen LogP contribution in [-0.4, -0.2) is 23.5 Å². The molecule has 0 atom stereocenters. The first-order valence-corrected chi connectivity index (χ1v) is 6.95. The van der Waals surface area contributed by atoms with Crippen molar-refractivity contribution in [2.45, 2.75) is 32.1 Å². The molecule has 0 fully saturated rings. The van der Waals surface area contributed by atoms with Crippen molar-refractivity contribution in [3.63, 3.8) is 0 Å². The molecule has 0 spiro atoms. The van der Waals surface area contributed by atoms with Crippen molar-refractivity contribution in [2.75, 3.05) is 11.9 Å². The first-order valence-electron chi connectivity index (χ1n) is 6.57. The lowest BCUT2D eigenvalue weighted by molar-refractivity contribution is -0.116. The summed E-state index contributed by atoms with van der Waals surface area (Å²) in [6.07, 6.45) is 4.04. The topological polar surface area (TPSA) is 92.4 Å². The molecule has 5 nitrogen and oxygen atoms in total. The second kappa shape index (κ2) is 8.55. The highest BCUT2D eigenvalue weighted by molar-refractivity contribution is 6.31. The van der Waals surface area contributed by atoms with Gasteiger partial charge < -0.3 is 16.2 Å². The van der Waals surface area contributed by atoms with Gasteiger partial charge in [0.15, 0.2) is 0 Å². The molecule has 4 N–H and O–H groups in total. The number of hydrogen-bond acceptors (Lipinski definition) is 3. The molecule has 0 radical (unpaired) electrons. The van der Waals surface area contributed by atoms with Crippen molar-refractivity contribution < 1.29 is 14.7 Å². The Balaban J connectivity index is 2.51. The second-order valence-corrected chi connectivity index (χ2v) is 4.93. The molecule has 0 aromatic heterocycles. The maximum atomic E-state index is 11.7. The zero-order valence-corrected chi connectivity index (χ0v) is 11.9. The summed E-state index contributed by atoms with van der Waals surface area (Å²) in [5.74, 6) is -1.31. The van der Waals surface area contributed by atoms with Gasteiger partial charge in [-0.2, -0.15) is 0 Å². The van der Waals surface area contributed by atoms with E-state index in [4.69, 9.17) is 22.4 Å². The molecule has 0 heterocycles. The van der Waals surface area contributed by atoms with Crippen LogP contribution in [0.4, 0.5) is 5.69 Å². The van der Waals surface area contributed by atoms with Crippen LogP contribution in [-0.2, 0) is 4.79 Å². The van der Waals surface area contributed by atoms with Crippen LogP contribution in [0.3, 0.4) is 0 Å². The maximum absolute atomic E-state index is 11.7. The number of halogens is 1. The first-order chi connectivity index (χ1) is 9.54. The molecule has 0 bridgehead atoms. The minimum atomic E-state index is -1.12. The van der Waals surface area contributed by atoms with Gasteiger partial charge in [-0.05, 0) is 37.6 Å². The number of nitrogens with one attached hydrogen (secondary N) is 1. The molecule has 20 heavy (non-hydrogen) atoms. The first kappa shape index (κ1) is 16.5. The molecule has 0 unspecified atom stereocenters. The highest BCUT2D eigenvalue weighted by Gasteiger charge is 2.12. The molecule has 1 aromatic rings. The Morgan fingerprint density at radius 2 is 1.90 bits per heavy atom. The van der Waals surface area contributed by atoms with Crippen LogP contribution in [0, 0.1) is 0 Å². The minimum absolute atomic E-state index is 0.00557. The Morgan fingerprint density at radius 1 is 1.20 bits per heavy atom. The van der Waals surface area contributed by atoms with E-state index in [1.807, 2.05) is 0 Å². The summed E-state index contributed by atoms with van der Waals surface area (Å²) in [5, 5.41) is 12.0. The predicted molar refractivity (Wildman–Crippen MR) is 79.2 cm³/mol. The Kier molecular flexibility index (Phi) is 7.04. The summed E-state index contributed by atoms with van der Waals surface area (Å²) in [6, 6.07) is 4.36. The number of carbonyl (C=O) groups excluding carboxylic acids is 1. The molecule has 0 aliphatic carbocycles. The molecule has 110 valence electrons. The second-order valence-electron chi connectivity index (χ2n) is 4.50. The maximum Gasteiger partial charge on any atom is 0.337 e. The van der Waals surface area contributed by atoms with Crippen molar-refractivity contribution in [3.8, 4) is 0 Å². The molecule has 0 aliphatic rings. The van der Waals surface area contributed by atoms with Gasteiger partial charge >= 0.3 is 5.97 Å². The Bertz CT molecular complexity index is 477. The molecular weight excluding hydrogens is 280 g/mol. The predicted octanol–water partition coefficient (Wildman–Crippen LogP) is 2.89. The van der Waals surface area contributed by atoms with E-state index in [-0.39, 0.29) is 17.2 Å². The molecule has 1 amide bonds. The van der Waals surface area contributed by atoms with Gasteiger partial charge in [-0.1, -0.05) is 24.4 Å². The number of anilines is 1. The number of benzene rings is 1. The number of carbonyl (C=O) groups is 2. The normalized spacial score (nSPS) is 10.3. The highest BCUT2D eigenvalue weighted by Crippen LogP contribution is 2.21. The van der Waals surface area contributed by atoms with Crippen molar-refractivity contribution >= 4 is 29.2 Å². The summed E-state index contributed by atoms with van der Waals surface area (Å²) in [5.41, 5.74) is 5.65. The van der Waals surface area contributed by atoms with Crippen LogP contribution in [0.1, 0.15) is 42.5 Å². The number of amides is 1. The van der Waals surface area contributed by atoms with E-state index in [1.165, 1.54) is 12.1 Å². The lowest BCUT2D eigenvalue weighted by Gasteiger charge is -2.08. The number of nitrogens with two attached hydrogens (primary N) is 1. The van der Waals surface area contributed by atoms with Crippen LogP contribution >= 0.6 is 11.6 Å². The van der Waals surface area contributed by atoms with E-state index in [0.717, 1.165) is 25.7 Å². The number of rotatable bonds is 8. The molecular formula is C14H19ClN2O3. The van der Waals surface area contributed by atoms with Gasteiger partial charge in [-0.15, -0.1) is 0 Å². The van der Waals surface area contributed by atoms with Crippen LogP contribution in [0.5, 0.6) is 0 Å². The van der Waals surface area contributed by atoms with E-state index in [0.29, 0.717) is 18.0 Å². The zero-order chi connectivity index (χ0) is 15.0. The van der Waals surface area contributed by atoms with Gasteiger partial charge in [-0.25, -0.2) is 4.79 Å². The SMILES string of the molecule is NCCCCCCC(=O)Nc1ccc(Cl)cc1C(=O)O. The summed E-state index contributed by atoms with van der Waals surface area (Å²) < 4.78 is 0. The minimum Gasteiger partial charge on any atom is -0.478 e. The Hall–Kier alpha value is -1.59. The number of hydrogen-bond donors (Lipinski definition) is 3. The summed E-state index contributed by atoms with van der Waals surface area (Å²) in [7, 11) is 0. The van der Waals surface area contributed by atoms with Crippen LogP contribution < -0.4 is 11.1 Å². The Morgan fingerprint density at radius 3 is 2.55 bits per heavy atom. The quantitative estimate of drug-likeness (QED) is 0.643. The van der Waals surface area contributed by atoms with Gasteiger partial charge in [0.1, 0.15) is 0 Å². The average molecular weight is 299 g/mol. The van der Waals surface area contributed by atoms with Crippen molar-refractivity contribution in [1.29, 1.82) is 0 Å². The lowest BCUT2D eigenvalue weighted by Crippen LogP contribution is -2.14. The smallest absolute Gasteiger partial charge is 0.337 e. The van der Waals surface area contributed by atoms with Crippen molar-refractivity contribution in [3.05, 3.63) is 28.8 Å². The molecule has 1 rings (SSSR count). The molecule has 0 saturated carbocycles. The summed E-state index contributed by atoms with van der Waals surface area (Å²) >= 11 is 5.74. The van der Waals surface area contributed by atoms with Crippen LogP contribution in [0.15, 0.2) is 18.2 Å². The van der Waals surface area contributed by atoms with Gasteiger partial charge in [0.2, 0.25) is 5.91 Å². The number of aromatic carboxylic acids is 1. The van der Waals surface area contributed by atoms with E-state index < -0.39 is 5.97 Å². The van der Waals surface area contributed by atoms with Gasteiger partial charge in [0, 0.05) is 11.4 Å². The summed E-state index contributed by atoms with van der Waals surface area (Å²) in [6.45, 7) is 0.666. The van der Waals surface area contributed by atoms with E-state index >= 15 is 0 Å². The fourth-order valence-electron chi connectivity index (χ4n) is 1.80. The van der Waals surface area contributed by atoms with Crippen molar-refractivity contribution in [1.82, 2.24) is 0 Å². The number of unbranched alkanes of at least 4 members (excludes halogenated alkanes) is 3. The van der Waals surface area contributed by atoms with E-state index in [1.54, 1.807) is 6.07 Å². The lowest BCUT2D eigenvalue weighted by atomic mass is 10.1. The van der Waals surface area contributed by atoms with Crippen LogP contribution in [0.2, 0.25) is 5.02 Å². The standard InChI is InChI=1S/C14H19ClN2O3/c15-10-6-7-12(11(9-10)14(19)20)17-13(18)5-3-1-2-4-8-16/h6-7,9H,1-5,8,16H2,(H,17,18)(H,19,20). The fourth-order valence-corrected chi connectivity index (χ4v) is 1.97. The fraction of sp³-hybridized carbons (Fsp3) is 0.429. The third-order valence-electron chi connectivity index (χ3n) is 2.84. The number of carboxylic acids is 1. The monoisotopic (exact) mass is 298 g/mol. The Labute approximate surface area is 123 Å². The van der Waals surface area contributed by atoms with Gasteiger partial charge in [0.05, 0.1) is 11.3 Å². The third kappa shape index (κ3) is 5.59. The van der Waals surface area contributed by atoms with E-state index in [9.17, 15) is 9.59 Å². The van der Waals surface area contributed by atoms with Crippen LogP contribution in [0.25, 0.3) is 0 Å². The van der Waals surface area contributed by atoms with Crippen molar-refractivity contribution in [2.24, 2.45) is 5.73 Å². The molecule has 0 saturated heterocycles. The van der Waals surface area contributed by atoms with Gasteiger partial charge in [0.25, 0.3) is 0 Å². The molecule has 1 aromatic carbocycles. The number of carboxylic acid groups (broad SMARTS) is 1. The van der Waals surface area contributed by atoms with E-state index in [2.05, 4.69) is 5.32 Å². The molecule has 6 heteroatoms. The van der Waals surface area contributed by atoms with Gasteiger partial charge in [-0.3, -0.25) is 4.79 Å². The highest BCUT2D eigenvalue weighted by atomic mass is 35.5. The largest absolute Gasteiger partial charge is 0.478 e.